The van der Waals surface area contributed by atoms with Gasteiger partial charge in [0.25, 0.3) is 0 Å². The lowest BCUT2D eigenvalue weighted by molar-refractivity contribution is 0.155. The summed E-state index contributed by atoms with van der Waals surface area (Å²) in [5, 5.41) is 9.42. The van der Waals surface area contributed by atoms with E-state index >= 15 is 0 Å². The molecule has 0 amide bonds. The van der Waals surface area contributed by atoms with E-state index in [9.17, 15) is 17.9 Å². The van der Waals surface area contributed by atoms with Crippen molar-refractivity contribution >= 4 is 15.7 Å². The molecule has 21 heavy (non-hydrogen) atoms. The molecular formula is C14H21FN2O3S. The number of piperidine rings is 1. The lowest BCUT2D eigenvalue weighted by Gasteiger charge is -2.34. The number of hydrogen-bond acceptors (Lipinski definition) is 4. The highest BCUT2D eigenvalue weighted by atomic mass is 32.2. The molecular weight excluding hydrogens is 295 g/mol. The lowest BCUT2D eigenvalue weighted by Crippen LogP contribution is -2.45. The molecule has 1 aromatic rings. The van der Waals surface area contributed by atoms with Gasteiger partial charge in [-0.3, -0.25) is 0 Å². The van der Waals surface area contributed by atoms with E-state index in [4.69, 9.17) is 5.73 Å². The van der Waals surface area contributed by atoms with Crippen LogP contribution in [0.4, 0.5) is 10.1 Å². The van der Waals surface area contributed by atoms with Crippen molar-refractivity contribution in [2.75, 3.05) is 18.9 Å². The van der Waals surface area contributed by atoms with Gasteiger partial charge in [0, 0.05) is 12.6 Å². The molecule has 1 saturated heterocycles. The van der Waals surface area contributed by atoms with Gasteiger partial charge in [-0.15, -0.1) is 0 Å². The Morgan fingerprint density at radius 3 is 2.71 bits per heavy atom. The van der Waals surface area contributed by atoms with E-state index in [0.717, 1.165) is 18.9 Å². The Kier molecular flexibility index (Phi) is 4.55. The zero-order valence-electron chi connectivity index (χ0n) is 12.3. The fourth-order valence-electron chi connectivity index (χ4n) is 2.92. The first-order valence-electron chi connectivity index (χ1n) is 6.98. The van der Waals surface area contributed by atoms with E-state index in [1.165, 1.54) is 11.2 Å². The van der Waals surface area contributed by atoms with Crippen LogP contribution in [0, 0.1) is 19.7 Å². The molecule has 0 aliphatic carbocycles. The van der Waals surface area contributed by atoms with Gasteiger partial charge in [0.15, 0.2) is 0 Å². The molecule has 1 heterocycles. The number of benzene rings is 1. The van der Waals surface area contributed by atoms with Gasteiger partial charge in [-0.1, -0.05) is 6.42 Å². The molecule has 1 aliphatic rings. The van der Waals surface area contributed by atoms with Gasteiger partial charge in [0.1, 0.15) is 5.82 Å². The molecule has 2 rings (SSSR count). The molecule has 7 heteroatoms. The fourth-order valence-corrected chi connectivity index (χ4v) is 5.05. The molecule has 1 fully saturated rings. The number of nitrogen functional groups attached to an aromatic ring is 1. The summed E-state index contributed by atoms with van der Waals surface area (Å²) in [5.74, 6) is -0.610. The van der Waals surface area contributed by atoms with Gasteiger partial charge in [-0.25, -0.2) is 12.8 Å². The number of aliphatic hydroxyl groups is 1. The smallest absolute Gasteiger partial charge is 0.244 e. The quantitative estimate of drug-likeness (QED) is 0.829. The summed E-state index contributed by atoms with van der Waals surface area (Å²) < 4.78 is 40.7. The van der Waals surface area contributed by atoms with Crippen LogP contribution in [0.1, 0.15) is 30.4 Å². The van der Waals surface area contributed by atoms with Crippen LogP contribution >= 0.6 is 0 Å². The van der Waals surface area contributed by atoms with Crippen molar-refractivity contribution in [1.29, 1.82) is 0 Å². The van der Waals surface area contributed by atoms with Gasteiger partial charge in [-0.2, -0.15) is 4.31 Å². The number of nitrogens with two attached hydrogens (primary N) is 1. The van der Waals surface area contributed by atoms with Crippen LogP contribution < -0.4 is 5.73 Å². The second-order valence-corrected chi connectivity index (χ2v) is 7.32. The van der Waals surface area contributed by atoms with Gasteiger partial charge in [0.05, 0.1) is 17.2 Å². The zero-order chi connectivity index (χ0) is 15.8. The number of aryl methyl sites for hydroxylation is 1. The first kappa shape index (κ1) is 16.2. The predicted molar refractivity (Wildman–Crippen MR) is 78.9 cm³/mol. The van der Waals surface area contributed by atoms with Gasteiger partial charge < -0.3 is 10.8 Å². The average Bonchev–Trinajstić information content (AvgIpc) is 2.44. The summed E-state index contributed by atoms with van der Waals surface area (Å²) in [6, 6.07) is 0.724. The summed E-state index contributed by atoms with van der Waals surface area (Å²) in [5.41, 5.74) is 6.06. The van der Waals surface area contributed by atoms with Crippen molar-refractivity contribution in [2.45, 2.75) is 44.0 Å². The van der Waals surface area contributed by atoms with Crippen LogP contribution in [-0.2, 0) is 10.0 Å². The minimum Gasteiger partial charge on any atom is -0.396 e. The van der Waals surface area contributed by atoms with E-state index in [2.05, 4.69) is 0 Å². The van der Waals surface area contributed by atoms with E-state index < -0.39 is 21.9 Å². The largest absolute Gasteiger partial charge is 0.396 e. The van der Waals surface area contributed by atoms with Crippen molar-refractivity contribution in [3.05, 3.63) is 23.0 Å². The third-order valence-electron chi connectivity index (χ3n) is 4.05. The number of nitrogens with zero attached hydrogens (tertiary/aromatic N) is 1. The van der Waals surface area contributed by atoms with E-state index in [1.807, 2.05) is 0 Å². The van der Waals surface area contributed by atoms with Crippen LogP contribution in [0.2, 0.25) is 0 Å². The third-order valence-corrected chi connectivity index (χ3v) is 6.30. The molecule has 0 aromatic heterocycles. The predicted octanol–water partition coefficient (Wildman–Crippen LogP) is 1.56. The summed E-state index contributed by atoms with van der Waals surface area (Å²) in [6.07, 6.45) is 2.27. The second-order valence-electron chi connectivity index (χ2n) is 5.49. The number of rotatable bonds is 3. The van der Waals surface area contributed by atoms with Crippen LogP contribution in [0.15, 0.2) is 11.0 Å². The molecule has 3 N–H and O–H groups in total. The first-order valence-corrected chi connectivity index (χ1v) is 8.42. The highest BCUT2D eigenvalue weighted by Gasteiger charge is 2.35. The first-order chi connectivity index (χ1) is 9.80. The summed E-state index contributed by atoms with van der Waals surface area (Å²) in [4.78, 5) is 0.0572. The Morgan fingerprint density at radius 2 is 2.10 bits per heavy atom. The SMILES string of the molecule is Cc1cc(F)c(N)c(C)c1S(=O)(=O)N1CCCCC1CO. The van der Waals surface area contributed by atoms with Gasteiger partial charge in [-0.05, 0) is 43.9 Å². The Bertz CT molecular complexity index is 646. The maximum Gasteiger partial charge on any atom is 0.244 e. The highest BCUT2D eigenvalue weighted by molar-refractivity contribution is 7.89. The van der Waals surface area contributed by atoms with Crippen LogP contribution in [0.25, 0.3) is 0 Å². The van der Waals surface area contributed by atoms with E-state index in [0.29, 0.717) is 18.5 Å². The highest BCUT2D eigenvalue weighted by Crippen LogP contribution is 2.32. The molecule has 1 unspecified atom stereocenters. The molecule has 1 atom stereocenters. The van der Waals surface area contributed by atoms with Crippen molar-refractivity contribution in [3.63, 3.8) is 0 Å². The van der Waals surface area contributed by atoms with E-state index in [1.54, 1.807) is 6.92 Å². The zero-order valence-corrected chi connectivity index (χ0v) is 13.1. The van der Waals surface area contributed by atoms with Crippen molar-refractivity contribution in [3.8, 4) is 0 Å². The molecule has 5 nitrogen and oxygen atoms in total. The Hall–Kier alpha value is -1.18. The minimum atomic E-state index is -3.80. The van der Waals surface area contributed by atoms with Gasteiger partial charge in [0.2, 0.25) is 10.0 Å². The van der Waals surface area contributed by atoms with Crippen LogP contribution in [0.5, 0.6) is 0 Å². The molecule has 0 saturated carbocycles. The van der Waals surface area contributed by atoms with Gasteiger partial charge >= 0.3 is 0 Å². The molecule has 1 aromatic carbocycles. The Morgan fingerprint density at radius 1 is 1.43 bits per heavy atom. The van der Waals surface area contributed by atoms with Crippen LogP contribution in [-0.4, -0.2) is 37.0 Å². The summed E-state index contributed by atoms with van der Waals surface area (Å²) in [7, 11) is -3.80. The number of aliphatic hydroxyl groups excluding tert-OH is 1. The monoisotopic (exact) mass is 316 g/mol. The number of sulfonamides is 1. The average molecular weight is 316 g/mol. The molecule has 0 bridgehead atoms. The lowest BCUT2D eigenvalue weighted by atomic mass is 10.1. The summed E-state index contributed by atoms with van der Waals surface area (Å²) >= 11 is 0. The maximum absolute atomic E-state index is 13.6. The molecule has 0 spiro atoms. The van der Waals surface area contributed by atoms with Crippen molar-refractivity contribution < 1.29 is 17.9 Å². The fraction of sp³-hybridized carbons (Fsp3) is 0.571. The second kappa shape index (κ2) is 5.90. The minimum absolute atomic E-state index is 0.0572. The standard InChI is InChI=1S/C14H21FN2O3S/c1-9-7-12(15)13(16)10(2)14(9)21(19,20)17-6-4-3-5-11(17)8-18/h7,11,18H,3-6,8,16H2,1-2H3. The normalized spacial score (nSPS) is 20.7. The number of hydrogen-bond donors (Lipinski definition) is 2. The Labute approximate surface area is 124 Å². The number of anilines is 1. The van der Waals surface area contributed by atoms with Crippen LogP contribution in [0.3, 0.4) is 0 Å². The third kappa shape index (κ3) is 2.77. The van der Waals surface area contributed by atoms with Crippen molar-refractivity contribution in [2.24, 2.45) is 0 Å². The molecule has 118 valence electrons. The maximum atomic E-state index is 13.6. The molecule has 1 aliphatic heterocycles. The summed E-state index contributed by atoms with van der Waals surface area (Å²) in [6.45, 7) is 3.22. The molecule has 0 radical (unpaired) electrons. The van der Waals surface area contributed by atoms with E-state index in [-0.39, 0.29) is 22.8 Å². The topological polar surface area (TPSA) is 83.6 Å². The Balaban J connectivity index is 2.56. The van der Waals surface area contributed by atoms with Crippen molar-refractivity contribution in [1.82, 2.24) is 4.31 Å². The number of halogens is 1.